The average molecular weight is 484 g/mol. The normalized spacial score (nSPS) is 18.8. The molecule has 0 unspecified atom stereocenters. The number of carbonyl (C=O) groups is 1. The maximum absolute atomic E-state index is 13.1. The molecule has 2 saturated heterocycles. The summed E-state index contributed by atoms with van der Waals surface area (Å²) in [6.45, 7) is 8.09. The molecule has 2 aliphatic heterocycles. The van der Waals surface area contributed by atoms with Crippen LogP contribution >= 0.6 is 0 Å². The van der Waals surface area contributed by atoms with Crippen molar-refractivity contribution in [3.8, 4) is 0 Å². The number of rotatable bonds is 7. The van der Waals surface area contributed by atoms with Crippen molar-refractivity contribution in [1.82, 2.24) is 9.21 Å². The molecule has 1 N–H and O–H groups in total. The lowest BCUT2D eigenvalue weighted by molar-refractivity contribution is -0.120. The molecule has 2 aromatic rings. The van der Waals surface area contributed by atoms with Gasteiger partial charge in [-0.05, 0) is 80.1 Å². The molecule has 0 bridgehead atoms. The van der Waals surface area contributed by atoms with Crippen LogP contribution in [0.25, 0.3) is 0 Å². The highest BCUT2D eigenvalue weighted by Gasteiger charge is 2.32. The molecule has 7 heteroatoms. The smallest absolute Gasteiger partial charge is 0.243 e. The highest BCUT2D eigenvalue weighted by Crippen LogP contribution is 2.26. The van der Waals surface area contributed by atoms with Gasteiger partial charge in [0.25, 0.3) is 0 Å². The van der Waals surface area contributed by atoms with Crippen LogP contribution < -0.4 is 5.32 Å². The molecule has 0 aromatic heterocycles. The molecule has 2 heterocycles. The van der Waals surface area contributed by atoms with Gasteiger partial charge in [-0.3, -0.25) is 9.69 Å². The van der Waals surface area contributed by atoms with Crippen molar-refractivity contribution in [2.75, 3.05) is 31.5 Å². The SMILES string of the molecule is CC(C)c1ccc(S(=O)(=O)N2CCC(C(=O)Nc3cccc(CN4CCCCC4)c3)CC2)cc1. The van der Waals surface area contributed by atoms with Crippen LogP contribution in [0.2, 0.25) is 0 Å². The van der Waals surface area contributed by atoms with Crippen LogP contribution in [0.3, 0.4) is 0 Å². The largest absolute Gasteiger partial charge is 0.326 e. The zero-order valence-electron chi connectivity index (χ0n) is 20.4. The van der Waals surface area contributed by atoms with Crippen LogP contribution in [-0.4, -0.2) is 49.7 Å². The van der Waals surface area contributed by atoms with E-state index in [0.717, 1.165) is 30.9 Å². The van der Waals surface area contributed by atoms with Crippen LogP contribution in [0, 0.1) is 5.92 Å². The minimum absolute atomic E-state index is 0.0199. The highest BCUT2D eigenvalue weighted by atomic mass is 32.2. The molecule has 2 fully saturated rings. The van der Waals surface area contributed by atoms with Crippen LogP contribution in [0.15, 0.2) is 53.4 Å². The van der Waals surface area contributed by atoms with E-state index in [1.54, 1.807) is 12.1 Å². The third-order valence-corrected chi connectivity index (χ3v) is 8.97. The topological polar surface area (TPSA) is 69.7 Å². The minimum atomic E-state index is -3.54. The molecule has 184 valence electrons. The van der Waals surface area contributed by atoms with Crippen molar-refractivity contribution >= 4 is 21.6 Å². The number of amides is 1. The van der Waals surface area contributed by atoms with Gasteiger partial charge in [-0.25, -0.2) is 8.42 Å². The second-order valence-electron chi connectivity index (χ2n) is 9.93. The summed E-state index contributed by atoms with van der Waals surface area (Å²) in [5.74, 6) is 0.158. The van der Waals surface area contributed by atoms with Gasteiger partial charge in [0, 0.05) is 31.2 Å². The van der Waals surface area contributed by atoms with Gasteiger partial charge < -0.3 is 5.32 Å². The monoisotopic (exact) mass is 483 g/mol. The van der Waals surface area contributed by atoms with Gasteiger partial charge >= 0.3 is 0 Å². The summed E-state index contributed by atoms with van der Waals surface area (Å²) in [6.07, 6.45) is 4.89. The van der Waals surface area contributed by atoms with Crippen LogP contribution in [0.5, 0.6) is 0 Å². The Morgan fingerprint density at radius 3 is 2.29 bits per heavy atom. The van der Waals surface area contributed by atoms with E-state index in [4.69, 9.17) is 0 Å². The van der Waals surface area contributed by atoms with Gasteiger partial charge in [0.15, 0.2) is 0 Å². The second kappa shape index (κ2) is 11.0. The number of benzene rings is 2. The van der Waals surface area contributed by atoms with Crippen molar-refractivity contribution in [3.63, 3.8) is 0 Å². The molecule has 6 nitrogen and oxygen atoms in total. The first-order valence-electron chi connectivity index (χ1n) is 12.6. The van der Waals surface area contributed by atoms with Gasteiger partial charge in [0.05, 0.1) is 4.90 Å². The van der Waals surface area contributed by atoms with Crippen molar-refractivity contribution < 1.29 is 13.2 Å². The van der Waals surface area contributed by atoms with Gasteiger partial charge in [-0.1, -0.05) is 44.5 Å². The predicted octanol–water partition coefficient (Wildman–Crippen LogP) is 4.84. The molecule has 0 saturated carbocycles. The fourth-order valence-electron chi connectivity index (χ4n) is 4.90. The van der Waals surface area contributed by atoms with Crippen molar-refractivity contribution in [3.05, 3.63) is 59.7 Å². The van der Waals surface area contributed by atoms with E-state index in [2.05, 4.69) is 36.2 Å². The van der Waals surface area contributed by atoms with Crippen molar-refractivity contribution in [1.29, 1.82) is 0 Å². The van der Waals surface area contributed by atoms with Crippen molar-refractivity contribution in [2.24, 2.45) is 5.92 Å². The van der Waals surface area contributed by atoms with E-state index >= 15 is 0 Å². The Morgan fingerprint density at radius 2 is 1.65 bits per heavy atom. The van der Waals surface area contributed by atoms with Crippen molar-refractivity contribution in [2.45, 2.75) is 63.3 Å². The van der Waals surface area contributed by atoms with Gasteiger partial charge in [0.1, 0.15) is 0 Å². The summed E-state index contributed by atoms with van der Waals surface area (Å²) in [5, 5.41) is 3.07. The Balaban J connectivity index is 1.31. The number of anilines is 1. The Bertz CT molecular complexity index is 1070. The summed E-state index contributed by atoms with van der Waals surface area (Å²) in [7, 11) is -3.54. The first-order chi connectivity index (χ1) is 16.3. The van der Waals surface area contributed by atoms with Gasteiger partial charge in [-0.2, -0.15) is 4.31 Å². The molecule has 34 heavy (non-hydrogen) atoms. The standard InChI is InChI=1S/C27H37N3O3S/c1-21(2)23-9-11-26(12-10-23)34(32,33)30-17-13-24(14-18-30)27(31)28-25-8-6-7-22(19-25)20-29-15-4-3-5-16-29/h6-12,19,21,24H,3-5,13-18,20H2,1-2H3,(H,28,31). The van der Waals surface area contributed by atoms with E-state index in [1.165, 1.54) is 29.1 Å². The fraction of sp³-hybridized carbons (Fsp3) is 0.519. The van der Waals surface area contributed by atoms with Crippen LogP contribution in [0.4, 0.5) is 5.69 Å². The van der Waals surface area contributed by atoms with E-state index in [0.29, 0.717) is 36.7 Å². The summed E-state index contributed by atoms with van der Waals surface area (Å²) < 4.78 is 27.6. The number of likely N-dealkylation sites (tertiary alicyclic amines) is 1. The lowest BCUT2D eigenvalue weighted by Crippen LogP contribution is -2.41. The lowest BCUT2D eigenvalue weighted by atomic mass is 9.97. The number of hydrogen-bond donors (Lipinski definition) is 1. The Hall–Kier alpha value is -2.22. The molecule has 0 spiro atoms. The summed E-state index contributed by atoms with van der Waals surface area (Å²) >= 11 is 0. The maximum Gasteiger partial charge on any atom is 0.243 e. The van der Waals surface area contributed by atoms with E-state index in [9.17, 15) is 13.2 Å². The molecule has 0 radical (unpaired) electrons. The fourth-order valence-corrected chi connectivity index (χ4v) is 6.37. The average Bonchev–Trinajstić information content (AvgIpc) is 2.85. The molecule has 4 rings (SSSR count). The third-order valence-electron chi connectivity index (χ3n) is 7.06. The summed E-state index contributed by atoms with van der Waals surface area (Å²) in [5.41, 5.74) is 3.15. The second-order valence-corrected chi connectivity index (χ2v) is 11.9. The summed E-state index contributed by atoms with van der Waals surface area (Å²) in [4.78, 5) is 15.7. The first kappa shape index (κ1) is 24.9. The highest BCUT2D eigenvalue weighted by molar-refractivity contribution is 7.89. The molecule has 0 aliphatic carbocycles. The Morgan fingerprint density at radius 1 is 0.971 bits per heavy atom. The molecular formula is C27H37N3O3S. The number of carbonyl (C=O) groups excluding carboxylic acids is 1. The predicted molar refractivity (Wildman–Crippen MR) is 136 cm³/mol. The van der Waals surface area contributed by atoms with Crippen LogP contribution in [0.1, 0.15) is 63.0 Å². The molecule has 2 aliphatic rings. The molecular weight excluding hydrogens is 446 g/mol. The number of sulfonamides is 1. The quantitative estimate of drug-likeness (QED) is 0.612. The van der Waals surface area contributed by atoms with Gasteiger partial charge in [-0.15, -0.1) is 0 Å². The number of piperidine rings is 2. The number of hydrogen-bond acceptors (Lipinski definition) is 4. The minimum Gasteiger partial charge on any atom is -0.326 e. The van der Waals surface area contributed by atoms with Crippen LogP contribution in [-0.2, 0) is 21.4 Å². The van der Waals surface area contributed by atoms with E-state index < -0.39 is 10.0 Å². The van der Waals surface area contributed by atoms with Gasteiger partial charge in [0.2, 0.25) is 15.9 Å². The number of nitrogens with zero attached hydrogens (tertiary/aromatic N) is 2. The molecule has 0 atom stereocenters. The lowest BCUT2D eigenvalue weighted by Gasteiger charge is -2.30. The molecule has 2 aromatic carbocycles. The van der Waals surface area contributed by atoms with E-state index in [-0.39, 0.29) is 11.8 Å². The third kappa shape index (κ3) is 6.06. The summed E-state index contributed by atoms with van der Waals surface area (Å²) in [6, 6.07) is 15.3. The Labute approximate surface area is 204 Å². The maximum atomic E-state index is 13.1. The number of nitrogens with one attached hydrogen (secondary N) is 1. The Kier molecular flexibility index (Phi) is 8.06. The first-order valence-corrected chi connectivity index (χ1v) is 14.0. The molecule has 1 amide bonds. The zero-order valence-corrected chi connectivity index (χ0v) is 21.2. The zero-order chi connectivity index (χ0) is 24.1. The van der Waals surface area contributed by atoms with E-state index in [1.807, 2.05) is 24.3 Å².